The van der Waals surface area contributed by atoms with Crippen LogP contribution in [0.15, 0.2) is 36.4 Å². The lowest BCUT2D eigenvalue weighted by atomic mass is 10.0. The summed E-state index contributed by atoms with van der Waals surface area (Å²) in [6, 6.07) is 10.9. The summed E-state index contributed by atoms with van der Waals surface area (Å²) in [5, 5.41) is 0.761. The molecule has 0 unspecified atom stereocenters. The van der Waals surface area contributed by atoms with Crippen molar-refractivity contribution < 1.29 is 4.79 Å². The van der Waals surface area contributed by atoms with Crippen LogP contribution in [0.2, 0.25) is 10.0 Å². The van der Waals surface area contributed by atoms with Gasteiger partial charge in [0.05, 0.1) is 10.0 Å². The molecule has 3 heteroatoms. The molecule has 2 rings (SSSR count). The molecule has 0 aliphatic rings. The van der Waals surface area contributed by atoms with E-state index in [9.17, 15) is 4.79 Å². The molecule has 0 N–H and O–H groups in total. The highest BCUT2D eigenvalue weighted by molar-refractivity contribution is 6.44. The molecule has 0 fully saturated rings. The summed E-state index contributed by atoms with van der Waals surface area (Å²) in [6.45, 7) is 3.83. The normalized spacial score (nSPS) is 10.4. The fraction of sp³-hybridized carbons (Fsp3) is 0.133. The molecule has 92 valence electrons. The number of carbonyl (C=O) groups is 1. The van der Waals surface area contributed by atoms with Crippen LogP contribution in [0.5, 0.6) is 0 Å². The fourth-order valence-electron chi connectivity index (χ4n) is 1.68. The third kappa shape index (κ3) is 2.43. The Morgan fingerprint density at radius 2 is 1.50 bits per heavy atom. The highest BCUT2D eigenvalue weighted by Crippen LogP contribution is 2.30. The van der Waals surface area contributed by atoms with Gasteiger partial charge in [0.1, 0.15) is 0 Å². The molecule has 0 bridgehead atoms. The van der Waals surface area contributed by atoms with Crippen LogP contribution >= 0.6 is 23.2 Å². The molecule has 0 amide bonds. The monoisotopic (exact) mass is 278 g/mol. The van der Waals surface area contributed by atoms with E-state index in [-0.39, 0.29) is 5.78 Å². The van der Waals surface area contributed by atoms with Gasteiger partial charge in [0.2, 0.25) is 0 Å². The van der Waals surface area contributed by atoms with E-state index in [1.54, 1.807) is 24.3 Å². The van der Waals surface area contributed by atoms with Crippen LogP contribution in [0.1, 0.15) is 27.0 Å². The minimum atomic E-state index is -0.109. The van der Waals surface area contributed by atoms with E-state index < -0.39 is 0 Å². The molecule has 0 spiro atoms. The molecule has 1 nitrogen and oxygen atoms in total. The predicted molar refractivity (Wildman–Crippen MR) is 75.8 cm³/mol. The molecule has 0 aromatic heterocycles. The van der Waals surface area contributed by atoms with Gasteiger partial charge < -0.3 is 0 Å². The highest BCUT2D eigenvalue weighted by Gasteiger charge is 2.15. The average molecular weight is 279 g/mol. The average Bonchev–Trinajstić information content (AvgIpc) is 2.36. The summed E-state index contributed by atoms with van der Waals surface area (Å²) in [5.41, 5.74) is 3.03. The Bertz CT molecular complexity index is 601. The topological polar surface area (TPSA) is 17.1 Å². The van der Waals surface area contributed by atoms with Gasteiger partial charge in [-0.2, -0.15) is 0 Å². The maximum atomic E-state index is 12.3. The number of carbonyl (C=O) groups excluding carboxylic acids is 1. The Kier molecular flexibility index (Phi) is 3.74. The van der Waals surface area contributed by atoms with Crippen LogP contribution in [-0.2, 0) is 0 Å². The third-order valence-corrected chi connectivity index (χ3v) is 3.81. The quantitative estimate of drug-likeness (QED) is 0.719. The zero-order chi connectivity index (χ0) is 13.3. The Morgan fingerprint density at radius 1 is 0.889 bits per heavy atom. The standard InChI is InChI=1S/C15H12Cl2O/c1-9-3-6-11(7-4-9)15(18)12-8-5-10(2)13(16)14(12)17/h3-8H,1-2H3. The molecule has 18 heavy (non-hydrogen) atoms. The van der Waals surface area contributed by atoms with Crippen molar-refractivity contribution in [3.05, 3.63) is 68.7 Å². The third-order valence-electron chi connectivity index (χ3n) is 2.83. The van der Waals surface area contributed by atoms with E-state index >= 15 is 0 Å². The van der Waals surface area contributed by atoms with Crippen molar-refractivity contribution in [2.75, 3.05) is 0 Å². The number of benzene rings is 2. The van der Waals surface area contributed by atoms with Crippen molar-refractivity contribution in [3.63, 3.8) is 0 Å². The van der Waals surface area contributed by atoms with Gasteiger partial charge in [0.15, 0.2) is 5.78 Å². The Labute approximate surface area is 116 Å². The second kappa shape index (κ2) is 5.13. The molecule has 0 radical (unpaired) electrons. The summed E-state index contributed by atoms with van der Waals surface area (Å²) in [7, 11) is 0. The van der Waals surface area contributed by atoms with Crippen LogP contribution in [0.4, 0.5) is 0 Å². The molecular weight excluding hydrogens is 267 g/mol. The van der Waals surface area contributed by atoms with Crippen LogP contribution < -0.4 is 0 Å². The summed E-state index contributed by atoms with van der Waals surface area (Å²) in [6.07, 6.45) is 0. The summed E-state index contributed by atoms with van der Waals surface area (Å²) in [5.74, 6) is -0.109. The number of halogens is 2. The first kappa shape index (κ1) is 13.1. The zero-order valence-electron chi connectivity index (χ0n) is 10.1. The molecule has 0 saturated heterocycles. The SMILES string of the molecule is Cc1ccc(C(=O)c2ccc(C)c(Cl)c2Cl)cc1. The lowest BCUT2D eigenvalue weighted by Crippen LogP contribution is -2.02. The smallest absolute Gasteiger partial charge is 0.194 e. The van der Waals surface area contributed by atoms with Gasteiger partial charge in [-0.15, -0.1) is 0 Å². The van der Waals surface area contributed by atoms with Crippen LogP contribution in [0.25, 0.3) is 0 Å². The molecule has 2 aromatic carbocycles. The minimum Gasteiger partial charge on any atom is -0.289 e. The van der Waals surface area contributed by atoms with E-state index in [0.29, 0.717) is 21.2 Å². The molecule has 0 aliphatic carbocycles. The maximum absolute atomic E-state index is 12.3. The second-order valence-corrected chi connectivity index (χ2v) is 5.01. The van der Waals surface area contributed by atoms with Crippen molar-refractivity contribution >= 4 is 29.0 Å². The first-order chi connectivity index (χ1) is 8.50. The van der Waals surface area contributed by atoms with Gasteiger partial charge in [0, 0.05) is 11.1 Å². The summed E-state index contributed by atoms with van der Waals surface area (Å²) < 4.78 is 0. The number of rotatable bonds is 2. The first-order valence-electron chi connectivity index (χ1n) is 5.56. The van der Waals surface area contributed by atoms with E-state index in [4.69, 9.17) is 23.2 Å². The molecule has 0 aliphatic heterocycles. The fourth-order valence-corrected chi connectivity index (χ4v) is 2.14. The summed E-state index contributed by atoms with van der Waals surface area (Å²) >= 11 is 12.2. The van der Waals surface area contributed by atoms with E-state index in [1.807, 2.05) is 26.0 Å². The minimum absolute atomic E-state index is 0.109. The molecule has 0 heterocycles. The van der Waals surface area contributed by atoms with Crippen molar-refractivity contribution in [2.45, 2.75) is 13.8 Å². The maximum Gasteiger partial charge on any atom is 0.194 e. The summed E-state index contributed by atoms with van der Waals surface area (Å²) in [4.78, 5) is 12.3. The lowest BCUT2D eigenvalue weighted by molar-refractivity contribution is 0.103. The van der Waals surface area contributed by atoms with E-state index in [1.165, 1.54) is 0 Å². The Hall–Kier alpha value is -1.31. The van der Waals surface area contributed by atoms with Gasteiger partial charge in [-0.3, -0.25) is 4.79 Å². The van der Waals surface area contributed by atoms with Crippen molar-refractivity contribution in [1.29, 1.82) is 0 Å². The zero-order valence-corrected chi connectivity index (χ0v) is 11.6. The Balaban J connectivity index is 2.46. The van der Waals surface area contributed by atoms with Crippen molar-refractivity contribution in [3.8, 4) is 0 Å². The van der Waals surface area contributed by atoms with Gasteiger partial charge in [-0.25, -0.2) is 0 Å². The van der Waals surface area contributed by atoms with Crippen molar-refractivity contribution in [1.82, 2.24) is 0 Å². The van der Waals surface area contributed by atoms with E-state index in [2.05, 4.69) is 0 Å². The van der Waals surface area contributed by atoms with E-state index in [0.717, 1.165) is 11.1 Å². The van der Waals surface area contributed by atoms with Crippen LogP contribution in [0.3, 0.4) is 0 Å². The van der Waals surface area contributed by atoms with Gasteiger partial charge in [0.25, 0.3) is 0 Å². The number of aryl methyl sites for hydroxylation is 2. The lowest BCUT2D eigenvalue weighted by Gasteiger charge is -2.07. The number of hydrogen-bond donors (Lipinski definition) is 0. The highest BCUT2D eigenvalue weighted by atomic mass is 35.5. The second-order valence-electron chi connectivity index (χ2n) is 4.25. The Morgan fingerprint density at radius 3 is 2.11 bits per heavy atom. The molecule has 2 aromatic rings. The number of hydrogen-bond acceptors (Lipinski definition) is 1. The van der Waals surface area contributed by atoms with Crippen molar-refractivity contribution in [2.24, 2.45) is 0 Å². The predicted octanol–water partition coefficient (Wildman–Crippen LogP) is 4.84. The molecule has 0 saturated carbocycles. The van der Waals surface area contributed by atoms with Crippen LogP contribution in [-0.4, -0.2) is 5.78 Å². The van der Waals surface area contributed by atoms with Gasteiger partial charge in [-0.05, 0) is 25.5 Å². The van der Waals surface area contributed by atoms with Crippen LogP contribution in [0, 0.1) is 13.8 Å². The van der Waals surface area contributed by atoms with Gasteiger partial charge >= 0.3 is 0 Å². The largest absolute Gasteiger partial charge is 0.289 e. The number of ketones is 1. The molecular formula is C15H12Cl2O. The molecule has 0 atom stereocenters. The first-order valence-corrected chi connectivity index (χ1v) is 6.32. The van der Waals surface area contributed by atoms with Gasteiger partial charge in [-0.1, -0.05) is 59.1 Å².